The molecule has 70 heavy (non-hydrogen) atoms. The Balaban J connectivity index is 0. The molecule has 0 N–H and O–H groups in total. The number of ketones is 2. The smallest absolute Gasteiger partial charge is 0.855 e. The Hall–Kier alpha value is -3.17. The zero-order valence-electron chi connectivity index (χ0n) is 46.8. The quantitative estimate of drug-likeness (QED) is 0.0717. The van der Waals surface area contributed by atoms with Gasteiger partial charge < -0.3 is 24.4 Å². The molecule has 0 aliphatic heterocycles. The van der Waals surface area contributed by atoms with Crippen molar-refractivity contribution in [2.45, 2.75) is 206 Å². The third-order valence-electron chi connectivity index (χ3n) is 12.7. The average Bonchev–Trinajstić information content (AvgIpc) is 3.30. The first kappa shape index (κ1) is 68.9. The van der Waals surface area contributed by atoms with Gasteiger partial charge in [0.05, 0.1) is 19.8 Å². The second-order valence-electron chi connectivity index (χ2n) is 20.3. The summed E-state index contributed by atoms with van der Waals surface area (Å²) in [7, 11) is 3.35. The van der Waals surface area contributed by atoms with Crippen LogP contribution < -0.4 is 53.9 Å². The SMILES string of the molecule is C.CCCCC1=C(/C=C/c2ccc(N(CCCC)CCCC)cc2OC)CC(C)(C)CC1=O.CCCCC1=C(C)CC(C)(C)CC1=O.CCCCN(CCCC)c1ccc(C=O)c(OC)c1.CC[O-].[Na+]. The van der Waals surface area contributed by atoms with Crippen LogP contribution in [0.2, 0.25) is 0 Å². The first-order valence-corrected chi connectivity index (χ1v) is 26.5. The molecule has 8 nitrogen and oxygen atoms in total. The van der Waals surface area contributed by atoms with E-state index in [-0.39, 0.29) is 54.4 Å². The van der Waals surface area contributed by atoms with Crippen LogP contribution in [0.15, 0.2) is 64.8 Å². The number of anilines is 2. The molecule has 0 atom stereocenters. The fourth-order valence-corrected chi connectivity index (χ4v) is 8.95. The van der Waals surface area contributed by atoms with E-state index in [0.717, 1.165) is 112 Å². The summed E-state index contributed by atoms with van der Waals surface area (Å²) >= 11 is 0. The van der Waals surface area contributed by atoms with Crippen LogP contribution in [0.1, 0.15) is 222 Å². The number of nitrogens with zero attached hydrogens (tertiary/aromatic N) is 2. The average molecular weight is 981 g/mol. The van der Waals surface area contributed by atoms with E-state index in [1.165, 1.54) is 74.6 Å². The maximum atomic E-state index is 12.8. The van der Waals surface area contributed by atoms with Gasteiger partial charge in [-0.3, -0.25) is 14.4 Å². The van der Waals surface area contributed by atoms with Crippen molar-refractivity contribution in [3.63, 3.8) is 0 Å². The molecule has 0 heterocycles. The van der Waals surface area contributed by atoms with E-state index in [4.69, 9.17) is 14.6 Å². The minimum atomic E-state index is 0. The number of methoxy groups -OCH3 is 2. The van der Waals surface area contributed by atoms with Gasteiger partial charge in [-0.25, -0.2) is 0 Å². The summed E-state index contributed by atoms with van der Waals surface area (Å²) in [6, 6.07) is 12.4. The Labute approximate surface area is 452 Å². The molecule has 0 saturated heterocycles. The van der Waals surface area contributed by atoms with Gasteiger partial charge in [-0.15, -0.1) is 6.61 Å². The van der Waals surface area contributed by atoms with Crippen molar-refractivity contribution in [3.05, 3.63) is 75.9 Å². The summed E-state index contributed by atoms with van der Waals surface area (Å²) in [6.07, 6.45) is 24.5. The van der Waals surface area contributed by atoms with Crippen molar-refractivity contribution in [1.29, 1.82) is 0 Å². The van der Waals surface area contributed by atoms with E-state index in [2.05, 4.69) is 116 Å². The topological polar surface area (TPSA) is 99.2 Å². The van der Waals surface area contributed by atoms with Crippen molar-refractivity contribution in [2.75, 3.05) is 56.8 Å². The largest absolute Gasteiger partial charge is 1.00 e. The van der Waals surface area contributed by atoms with E-state index in [1.807, 2.05) is 18.2 Å². The van der Waals surface area contributed by atoms with Crippen molar-refractivity contribution >= 4 is 35.3 Å². The molecule has 0 fully saturated rings. The number of rotatable bonds is 25. The van der Waals surface area contributed by atoms with E-state index in [0.29, 0.717) is 29.3 Å². The number of allylic oxidation sites excluding steroid dienone is 5. The number of carbonyl (C=O) groups excluding carboxylic acids is 3. The van der Waals surface area contributed by atoms with Gasteiger partial charge in [-0.05, 0) is 123 Å². The Morgan fingerprint density at radius 1 is 0.571 bits per heavy atom. The Bertz CT molecular complexity index is 1860. The van der Waals surface area contributed by atoms with Gasteiger partial charge in [0.15, 0.2) is 17.9 Å². The Morgan fingerprint density at radius 3 is 1.33 bits per heavy atom. The number of ether oxygens (including phenoxy) is 2. The number of carbonyl (C=O) groups is 3. The molecule has 0 amide bonds. The third kappa shape index (κ3) is 25.5. The van der Waals surface area contributed by atoms with Crippen LogP contribution in [0.3, 0.4) is 0 Å². The second-order valence-corrected chi connectivity index (χ2v) is 20.3. The van der Waals surface area contributed by atoms with Gasteiger partial charge in [0.25, 0.3) is 0 Å². The summed E-state index contributed by atoms with van der Waals surface area (Å²) in [6.45, 7) is 30.0. The molecule has 9 heteroatoms. The summed E-state index contributed by atoms with van der Waals surface area (Å²) in [5.74, 6) is 2.28. The minimum absolute atomic E-state index is 0. The number of Topliss-reactive ketones (excluding diaryl/α,β-unsaturated/α-hetero) is 2. The summed E-state index contributed by atoms with van der Waals surface area (Å²) in [5, 5.41) is 8.93. The van der Waals surface area contributed by atoms with Crippen molar-refractivity contribution in [1.82, 2.24) is 0 Å². The standard InChI is InChI=1S/C29H45NO2.C16H25NO2.C13H22O.C2H5O.CH4.Na/c1-7-10-13-26-24(21-29(4,5)22-27(26)31)15-14-23-16-17-25(20-28(23)32-6)30(18-11-8-2)19-12-9-3;1-4-6-10-17(11-7-5-2)15-9-8-14(13-18)16(12-15)19-3;1-5-6-7-11-10(2)8-13(3,4)9-12(11)14;1-2-3;;/h14-17,20H,7-13,18-19,21-22H2,1-6H3;8-9,12-13H,4-7,10-11H2,1-3H3;5-9H2,1-4H3;2H2,1H3;1H4;/q;;;-1;;+1/b15-14+;;;;;. The van der Waals surface area contributed by atoms with Crippen LogP contribution in [-0.2, 0) is 9.59 Å². The van der Waals surface area contributed by atoms with Gasteiger partial charge in [0.1, 0.15) is 11.5 Å². The molecule has 2 aromatic carbocycles. The number of hydrogen-bond acceptors (Lipinski definition) is 8. The van der Waals surface area contributed by atoms with Crippen LogP contribution in [0.25, 0.3) is 6.08 Å². The molecule has 4 rings (SSSR count). The van der Waals surface area contributed by atoms with E-state index in [1.54, 1.807) is 21.1 Å². The first-order chi connectivity index (χ1) is 32.5. The summed E-state index contributed by atoms with van der Waals surface area (Å²) in [4.78, 5) is 40.5. The maximum Gasteiger partial charge on any atom is 1.00 e. The molecule has 0 saturated carbocycles. The van der Waals surface area contributed by atoms with Crippen LogP contribution in [0, 0.1) is 10.8 Å². The van der Waals surface area contributed by atoms with Crippen molar-refractivity contribution in [3.8, 4) is 11.5 Å². The Kier molecular flexibility index (Phi) is 37.8. The third-order valence-corrected chi connectivity index (χ3v) is 12.7. The number of aldehydes is 1. The summed E-state index contributed by atoms with van der Waals surface area (Å²) in [5.41, 5.74) is 8.99. The van der Waals surface area contributed by atoms with Crippen LogP contribution in [0.5, 0.6) is 11.5 Å². The van der Waals surface area contributed by atoms with E-state index in [9.17, 15) is 14.4 Å². The van der Waals surface area contributed by atoms with Crippen LogP contribution in [-0.4, -0.2) is 64.9 Å². The number of hydrogen-bond donors (Lipinski definition) is 0. The molecule has 0 radical (unpaired) electrons. The Morgan fingerprint density at radius 2 is 0.943 bits per heavy atom. The van der Waals surface area contributed by atoms with Gasteiger partial charge in [-0.1, -0.05) is 140 Å². The molecule has 392 valence electrons. The zero-order valence-corrected chi connectivity index (χ0v) is 48.8. The van der Waals surface area contributed by atoms with Crippen molar-refractivity contribution in [2.24, 2.45) is 10.8 Å². The van der Waals surface area contributed by atoms with Crippen LogP contribution >= 0.6 is 0 Å². The van der Waals surface area contributed by atoms with Crippen LogP contribution in [0.4, 0.5) is 11.4 Å². The first-order valence-electron chi connectivity index (χ1n) is 26.5. The predicted octanol–water partition coefficient (Wildman–Crippen LogP) is 12.8. The second kappa shape index (κ2) is 38.4. The van der Waals surface area contributed by atoms with Crippen molar-refractivity contribution < 1.29 is 58.5 Å². The van der Waals surface area contributed by atoms with Gasteiger partial charge in [0.2, 0.25) is 0 Å². The van der Waals surface area contributed by atoms with Gasteiger partial charge >= 0.3 is 29.6 Å². The number of unbranched alkanes of at least 4 members (excludes halogenated alkanes) is 6. The fourth-order valence-electron chi connectivity index (χ4n) is 8.95. The molecule has 2 aliphatic carbocycles. The molecular formula is C61H101N2NaO6. The summed E-state index contributed by atoms with van der Waals surface area (Å²) < 4.78 is 11.1. The normalized spacial score (nSPS) is 14.7. The van der Waals surface area contributed by atoms with Gasteiger partial charge in [0, 0.05) is 68.1 Å². The monoisotopic (exact) mass is 981 g/mol. The fraction of sp³-hybridized carbons (Fsp3) is 0.656. The maximum absolute atomic E-state index is 12.8. The number of benzene rings is 2. The molecule has 2 aromatic rings. The predicted molar refractivity (Wildman–Crippen MR) is 297 cm³/mol. The molecule has 0 aromatic heterocycles. The minimum Gasteiger partial charge on any atom is -0.855 e. The van der Waals surface area contributed by atoms with E-state index < -0.39 is 0 Å². The zero-order chi connectivity index (χ0) is 51.1. The molecule has 0 bridgehead atoms. The molecule has 0 unspecified atom stereocenters. The molecule has 2 aliphatic rings. The van der Waals surface area contributed by atoms with Gasteiger partial charge in [-0.2, -0.15) is 0 Å². The molecular weight excluding hydrogens is 880 g/mol. The van der Waals surface area contributed by atoms with E-state index >= 15 is 0 Å². The molecule has 0 spiro atoms.